The summed E-state index contributed by atoms with van der Waals surface area (Å²) in [7, 11) is 0. The first-order chi connectivity index (χ1) is 10.2. The first-order valence-electron chi connectivity index (χ1n) is 6.84. The van der Waals surface area contributed by atoms with Gasteiger partial charge < -0.3 is 4.74 Å². The third kappa shape index (κ3) is 4.90. The van der Waals surface area contributed by atoms with Crippen LogP contribution in [0.25, 0.3) is 0 Å². The molecule has 110 valence electrons. The largest absolute Gasteiger partial charge is 0.494 e. The van der Waals surface area contributed by atoms with Crippen LogP contribution in [0.3, 0.4) is 0 Å². The Kier molecular flexibility index (Phi) is 6.33. The van der Waals surface area contributed by atoms with E-state index in [0.29, 0.717) is 12.4 Å². The van der Waals surface area contributed by atoms with Gasteiger partial charge >= 0.3 is 0 Å². The van der Waals surface area contributed by atoms with Gasteiger partial charge in [-0.25, -0.2) is 0 Å². The Balaban J connectivity index is 1.93. The predicted molar refractivity (Wildman–Crippen MR) is 91.4 cm³/mol. The van der Waals surface area contributed by atoms with Gasteiger partial charge in [-0.05, 0) is 58.7 Å². The summed E-state index contributed by atoms with van der Waals surface area (Å²) in [5.41, 5.74) is 0.721. The van der Waals surface area contributed by atoms with E-state index in [4.69, 9.17) is 4.74 Å². The van der Waals surface area contributed by atoms with Crippen LogP contribution in [-0.4, -0.2) is 18.1 Å². The van der Waals surface area contributed by atoms with Gasteiger partial charge in [0, 0.05) is 14.9 Å². The lowest BCUT2D eigenvalue weighted by molar-refractivity contribution is 0.102. The van der Waals surface area contributed by atoms with E-state index in [1.807, 2.05) is 48.5 Å². The Morgan fingerprint density at radius 3 is 2.52 bits per heavy atom. The molecule has 21 heavy (non-hydrogen) atoms. The molecule has 2 rings (SSSR count). The zero-order valence-electron chi connectivity index (χ0n) is 11.8. The molecule has 0 bridgehead atoms. The van der Waals surface area contributed by atoms with Crippen LogP contribution in [0, 0.1) is 0 Å². The smallest absolute Gasteiger partial charge is 0.173 e. The van der Waals surface area contributed by atoms with E-state index < -0.39 is 0 Å². The molecule has 0 radical (unpaired) electrons. The molecule has 0 atom stereocenters. The fourth-order valence-electron chi connectivity index (χ4n) is 1.75. The van der Waals surface area contributed by atoms with Gasteiger partial charge in [0.15, 0.2) is 5.78 Å². The number of carbonyl (C=O) groups excluding carboxylic acids is 1. The molecule has 0 unspecified atom stereocenters. The van der Waals surface area contributed by atoms with Gasteiger partial charge in [-0.1, -0.05) is 19.1 Å². The highest BCUT2D eigenvalue weighted by Gasteiger charge is 2.08. The molecular weight excluding hydrogens is 348 g/mol. The average molecular weight is 365 g/mol. The lowest BCUT2D eigenvalue weighted by Crippen LogP contribution is -2.02. The van der Waals surface area contributed by atoms with Crippen LogP contribution in [0.2, 0.25) is 0 Å². The molecule has 0 N–H and O–H groups in total. The van der Waals surface area contributed by atoms with Crippen molar-refractivity contribution in [3.63, 3.8) is 0 Å². The molecule has 4 heteroatoms. The standard InChI is InChI=1S/C17H17BrO2S/c1-2-11-20-14-9-7-13(8-10-14)16(19)12-21-17-6-4-3-5-15(17)18/h3-10H,2,11-12H2,1H3. The number of carbonyl (C=O) groups is 1. The molecule has 2 aromatic carbocycles. The first kappa shape index (κ1) is 16.1. The van der Waals surface area contributed by atoms with Crippen molar-refractivity contribution in [2.45, 2.75) is 18.2 Å². The fourth-order valence-corrected chi connectivity index (χ4v) is 3.21. The number of hydrogen-bond acceptors (Lipinski definition) is 3. The highest BCUT2D eigenvalue weighted by molar-refractivity contribution is 9.10. The quantitative estimate of drug-likeness (QED) is 0.498. The Hall–Kier alpha value is -1.26. The maximum Gasteiger partial charge on any atom is 0.173 e. The topological polar surface area (TPSA) is 26.3 Å². The fraction of sp³-hybridized carbons (Fsp3) is 0.235. The molecule has 0 spiro atoms. The van der Waals surface area contributed by atoms with Gasteiger partial charge in [0.05, 0.1) is 12.4 Å². The Morgan fingerprint density at radius 2 is 1.86 bits per heavy atom. The Bertz CT molecular complexity index is 596. The van der Waals surface area contributed by atoms with E-state index in [-0.39, 0.29) is 5.78 Å². The van der Waals surface area contributed by atoms with Crippen molar-refractivity contribution in [2.75, 3.05) is 12.4 Å². The number of rotatable bonds is 7. The summed E-state index contributed by atoms with van der Waals surface area (Å²) >= 11 is 5.03. The maximum atomic E-state index is 12.2. The van der Waals surface area contributed by atoms with E-state index in [0.717, 1.165) is 27.1 Å². The summed E-state index contributed by atoms with van der Waals surface area (Å²) in [6.45, 7) is 2.77. The molecule has 0 heterocycles. The number of thioether (sulfide) groups is 1. The minimum absolute atomic E-state index is 0.123. The molecule has 0 aliphatic carbocycles. The number of benzene rings is 2. The van der Waals surface area contributed by atoms with Gasteiger partial charge in [0.1, 0.15) is 5.75 Å². The minimum Gasteiger partial charge on any atom is -0.494 e. The van der Waals surface area contributed by atoms with Gasteiger partial charge in [0.2, 0.25) is 0 Å². The van der Waals surface area contributed by atoms with Crippen LogP contribution in [0.5, 0.6) is 5.75 Å². The highest BCUT2D eigenvalue weighted by atomic mass is 79.9. The van der Waals surface area contributed by atoms with Crippen LogP contribution < -0.4 is 4.74 Å². The summed E-state index contributed by atoms with van der Waals surface area (Å²) < 4.78 is 6.53. The van der Waals surface area contributed by atoms with E-state index >= 15 is 0 Å². The number of hydrogen-bond donors (Lipinski definition) is 0. The van der Waals surface area contributed by atoms with Gasteiger partial charge in [-0.15, -0.1) is 11.8 Å². The zero-order valence-corrected chi connectivity index (χ0v) is 14.2. The van der Waals surface area contributed by atoms with Crippen LogP contribution >= 0.6 is 27.7 Å². The van der Waals surface area contributed by atoms with Crippen LogP contribution in [-0.2, 0) is 0 Å². The van der Waals surface area contributed by atoms with E-state index in [9.17, 15) is 4.79 Å². The second-order valence-corrected chi connectivity index (χ2v) is 6.39. The van der Waals surface area contributed by atoms with Crippen molar-refractivity contribution >= 4 is 33.5 Å². The van der Waals surface area contributed by atoms with E-state index in [1.54, 1.807) is 11.8 Å². The predicted octanol–water partition coefficient (Wildman–Crippen LogP) is 5.21. The number of ketones is 1. The van der Waals surface area contributed by atoms with Crippen LogP contribution in [0.1, 0.15) is 23.7 Å². The van der Waals surface area contributed by atoms with Gasteiger partial charge in [-0.2, -0.15) is 0 Å². The zero-order chi connectivity index (χ0) is 15.1. The third-order valence-electron chi connectivity index (χ3n) is 2.84. The van der Waals surface area contributed by atoms with Crippen molar-refractivity contribution in [3.05, 3.63) is 58.6 Å². The van der Waals surface area contributed by atoms with Crippen LogP contribution in [0.4, 0.5) is 0 Å². The highest BCUT2D eigenvalue weighted by Crippen LogP contribution is 2.27. The summed E-state index contributed by atoms with van der Waals surface area (Å²) in [5, 5.41) is 0. The van der Waals surface area contributed by atoms with Crippen molar-refractivity contribution in [1.29, 1.82) is 0 Å². The molecule has 0 saturated carbocycles. The monoisotopic (exact) mass is 364 g/mol. The lowest BCUT2D eigenvalue weighted by Gasteiger charge is -2.06. The molecular formula is C17H17BrO2S. The SMILES string of the molecule is CCCOc1ccc(C(=O)CSc2ccccc2Br)cc1. The molecule has 0 fully saturated rings. The summed E-state index contributed by atoms with van der Waals surface area (Å²) in [5.74, 6) is 1.36. The van der Waals surface area contributed by atoms with Gasteiger partial charge in [0.25, 0.3) is 0 Å². The molecule has 0 amide bonds. The number of halogens is 1. The third-order valence-corrected chi connectivity index (χ3v) is 4.87. The second kappa shape index (κ2) is 8.25. The molecule has 2 nitrogen and oxygen atoms in total. The lowest BCUT2D eigenvalue weighted by atomic mass is 10.1. The van der Waals surface area contributed by atoms with Crippen molar-refractivity contribution in [1.82, 2.24) is 0 Å². The number of Topliss-reactive ketones (excluding diaryl/α,β-unsaturated/α-hetero) is 1. The maximum absolute atomic E-state index is 12.2. The normalized spacial score (nSPS) is 10.4. The van der Waals surface area contributed by atoms with Crippen molar-refractivity contribution in [3.8, 4) is 5.75 Å². The second-order valence-electron chi connectivity index (χ2n) is 4.52. The van der Waals surface area contributed by atoms with E-state index in [1.165, 1.54) is 0 Å². The molecule has 0 aromatic heterocycles. The summed E-state index contributed by atoms with van der Waals surface area (Å²) in [6.07, 6.45) is 0.975. The Labute approximate surface area is 138 Å². The van der Waals surface area contributed by atoms with E-state index in [2.05, 4.69) is 22.9 Å². The van der Waals surface area contributed by atoms with Gasteiger partial charge in [-0.3, -0.25) is 4.79 Å². The summed E-state index contributed by atoms with van der Waals surface area (Å²) in [6, 6.07) is 15.3. The molecule has 2 aromatic rings. The van der Waals surface area contributed by atoms with Crippen molar-refractivity contribution < 1.29 is 9.53 Å². The molecule has 0 saturated heterocycles. The molecule has 0 aliphatic heterocycles. The summed E-state index contributed by atoms with van der Waals surface area (Å²) in [4.78, 5) is 13.3. The van der Waals surface area contributed by atoms with Crippen LogP contribution in [0.15, 0.2) is 57.9 Å². The minimum atomic E-state index is 0.123. The molecule has 0 aliphatic rings. The Morgan fingerprint density at radius 1 is 1.14 bits per heavy atom. The first-order valence-corrected chi connectivity index (χ1v) is 8.62. The average Bonchev–Trinajstić information content (AvgIpc) is 2.52. The van der Waals surface area contributed by atoms with Crippen molar-refractivity contribution in [2.24, 2.45) is 0 Å². The number of ether oxygens (including phenoxy) is 1.